The van der Waals surface area contributed by atoms with E-state index in [1.54, 1.807) is 0 Å². The van der Waals surface area contributed by atoms with Crippen LogP contribution in [0.4, 0.5) is 5.69 Å². The number of aliphatic carboxylic acids is 1. The van der Waals surface area contributed by atoms with Crippen LogP contribution >= 0.6 is 11.8 Å². The molecule has 13 heteroatoms. The molecule has 0 aliphatic carbocycles. The van der Waals surface area contributed by atoms with Crippen molar-refractivity contribution in [2.45, 2.75) is 24.4 Å². The normalized spacial score (nSPS) is 21.7. The molecule has 2 amide bonds. The van der Waals surface area contributed by atoms with Crippen molar-refractivity contribution in [2.75, 3.05) is 16.2 Å². The van der Waals surface area contributed by atoms with Crippen LogP contribution in [0.15, 0.2) is 30.0 Å². The molecule has 1 aromatic carbocycles. The summed E-state index contributed by atoms with van der Waals surface area (Å²) in [5, 5.41) is 21.0. The predicted molar refractivity (Wildman–Crippen MR) is 109 cm³/mol. The summed E-state index contributed by atoms with van der Waals surface area (Å²) in [5.41, 5.74) is 5.93. The van der Waals surface area contributed by atoms with Crippen LogP contribution in [-0.2, 0) is 24.4 Å². The Morgan fingerprint density at radius 3 is 2.73 bits per heavy atom. The summed E-state index contributed by atoms with van der Waals surface area (Å²) in [6.07, 6.45) is 1.43. The van der Waals surface area contributed by atoms with E-state index in [0.29, 0.717) is 5.75 Å². The fourth-order valence-corrected chi connectivity index (χ4v) is 4.84. The Hall–Kier alpha value is -2.77. The predicted octanol–water partition coefficient (Wildman–Crippen LogP) is -0.478. The number of β-lactam (4-membered cyclic amide) rings is 1. The number of benzene rings is 1. The largest absolute Gasteiger partial charge is 0.506 e. The number of carbonyl (C=O) groups excluding carboxylic acids is 2. The quantitative estimate of drug-likeness (QED) is 0.268. The Balaban J connectivity index is 1.72. The third-order valence-corrected chi connectivity index (χ3v) is 7.15. The van der Waals surface area contributed by atoms with Gasteiger partial charge in [-0.3, -0.25) is 19.2 Å². The molecular weight excluding hydrogens is 436 g/mol. The minimum absolute atomic E-state index is 0.120. The first-order valence-electron chi connectivity index (χ1n) is 8.83. The Kier molecular flexibility index (Phi) is 5.97. The monoisotopic (exact) mass is 456 g/mol. The van der Waals surface area contributed by atoms with Gasteiger partial charge in [-0.25, -0.2) is 13.2 Å². The Morgan fingerprint density at radius 1 is 1.40 bits per heavy atom. The summed E-state index contributed by atoms with van der Waals surface area (Å²) in [6.45, 7) is 1.43. The van der Waals surface area contributed by atoms with Gasteiger partial charge in [0.1, 0.15) is 28.9 Å². The molecule has 0 saturated carbocycles. The van der Waals surface area contributed by atoms with Crippen molar-refractivity contribution in [1.29, 1.82) is 0 Å². The van der Waals surface area contributed by atoms with Crippen molar-refractivity contribution >= 4 is 45.3 Å². The van der Waals surface area contributed by atoms with Gasteiger partial charge in [-0.2, -0.15) is 0 Å². The van der Waals surface area contributed by atoms with E-state index < -0.39 is 45.3 Å². The lowest BCUT2D eigenvalue weighted by atomic mass is 10.0. The number of phenols is 1. The molecular formula is C17H20N4O7S2. The second-order valence-electron chi connectivity index (χ2n) is 6.57. The molecule has 2 aliphatic heterocycles. The number of nitrogens with zero attached hydrogens (tertiary/aromatic N) is 1. The first-order valence-corrected chi connectivity index (χ1v) is 11.5. The van der Waals surface area contributed by atoms with Gasteiger partial charge in [0.2, 0.25) is 15.9 Å². The van der Waals surface area contributed by atoms with E-state index in [-0.39, 0.29) is 28.5 Å². The molecule has 11 nitrogen and oxygen atoms in total. The molecule has 3 atom stereocenters. The molecule has 0 unspecified atom stereocenters. The van der Waals surface area contributed by atoms with E-state index in [9.17, 15) is 33.0 Å². The molecule has 2 heterocycles. The van der Waals surface area contributed by atoms with E-state index in [4.69, 9.17) is 5.73 Å². The number of carbonyl (C=O) groups is 3. The number of hydrogen-bond donors (Lipinski definition) is 5. The van der Waals surface area contributed by atoms with Crippen molar-refractivity contribution in [2.24, 2.45) is 5.73 Å². The second kappa shape index (κ2) is 8.16. The Morgan fingerprint density at radius 2 is 2.10 bits per heavy atom. The second-order valence-corrected chi connectivity index (χ2v) is 9.73. The smallest absolute Gasteiger partial charge is 0.352 e. The third kappa shape index (κ3) is 4.08. The first-order chi connectivity index (χ1) is 14.1. The average molecular weight is 457 g/mol. The van der Waals surface area contributed by atoms with Crippen LogP contribution in [0, 0.1) is 0 Å². The fourth-order valence-electron chi connectivity index (χ4n) is 3.00. The summed E-state index contributed by atoms with van der Waals surface area (Å²) in [7, 11) is -3.66. The number of sulfonamides is 1. The van der Waals surface area contributed by atoms with Gasteiger partial charge >= 0.3 is 5.97 Å². The van der Waals surface area contributed by atoms with Gasteiger partial charge in [0.05, 0.1) is 11.4 Å². The van der Waals surface area contributed by atoms with Crippen molar-refractivity contribution in [3.8, 4) is 5.75 Å². The van der Waals surface area contributed by atoms with Gasteiger partial charge in [0, 0.05) is 5.75 Å². The van der Waals surface area contributed by atoms with Crippen molar-refractivity contribution in [3.05, 3.63) is 35.5 Å². The molecule has 0 spiro atoms. The molecule has 0 aromatic heterocycles. The highest BCUT2D eigenvalue weighted by atomic mass is 32.2. The van der Waals surface area contributed by atoms with Gasteiger partial charge < -0.3 is 21.3 Å². The molecule has 6 N–H and O–H groups in total. The highest BCUT2D eigenvalue weighted by Crippen LogP contribution is 2.37. The zero-order valence-electron chi connectivity index (χ0n) is 15.7. The molecule has 1 aromatic rings. The highest BCUT2D eigenvalue weighted by Gasteiger charge is 2.53. The summed E-state index contributed by atoms with van der Waals surface area (Å²) in [6, 6.07) is 1.63. The van der Waals surface area contributed by atoms with Crippen LogP contribution in [0.25, 0.3) is 0 Å². The maximum absolute atomic E-state index is 12.6. The molecule has 0 radical (unpaired) electrons. The number of aromatic hydroxyl groups is 1. The van der Waals surface area contributed by atoms with E-state index >= 15 is 0 Å². The molecule has 1 saturated heterocycles. The molecule has 30 heavy (non-hydrogen) atoms. The van der Waals surface area contributed by atoms with Crippen LogP contribution < -0.4 is 15.8 Å². The summed E-state index contributed by atoms with van der Waals surface area (Å²) in [4.78, 5) is 37.3. The number of hydrogen-bond acceptors (Lipinski definition) is 8. The van der Waals surface area contributed by atoms with E-state index in [1.165, 1.54) is 43.0 Å². The SMILES string of the molecule is CCS(=O)(=O)Nc1cc([C@@H](N)C(=O)N[C@@H]2C(=O)N3C(C(=O)O)=CCS[C@H]23)ccc1O. The number of nitrogens with one attached hydrogen (secondary N) is 2. The van der Waals surface area contributed by atoms with E-state index in [2.05, 4.69) is 10.0 Å². The van der Waals surface area contributed by atoms with Gasteiger partial charge in [0.25, 0.3) is 5.91 Å². The molecule has 0 bridgehead atoms. The summed E-state index contributed by atoms with van der Waals surface area (Å²) >= 11 is 1.31. The molecule has 3 rings (SSSR count). The van der Waals surface area contributed by atoms with Crippen LogP contribution in [0.2, 0.25) is 0 Å². The van der Waals surface area contributed by atoms with Gasteiger partial charge in [0.15, 0.2) is 0 Å². The number of thioether (sulfide) groups is 1. The van der Waals surface area contributed by atoms with Gasteiger partial charge in [-0.05, 0) is 30.7 Å². The third-order valence-electron chi connectivity index (χ3n) is 4.67. The van der Waals surface area contributed by atoms with Crippen molar-refractivity contribution in [1.82, 2.24) is 10.2 Å². The summed E-state index contributed by atoms with van der Waals surface area (Å²) in [5.74, 6) is -2.64. The Bertz CT molecular complexity index is 1040. The zero-order valence-corrected chi connectivity index (χ0v) is 17.4. The highest BCUT2D eigenvalue weighted by molar-refractivity contribution is 8.00. The number of phenolic OH excluding ortho intramolecular Hbond substituents is 1. The average Bonchev–Trinajstić information content (AvgIpc) is 2.71. The lowest BCUT2D eigenvalue weighted by molar-refractivity contribution is -0.150. The Labute approximate surface area is 176 Å². The lowest BCUT2D eigenvalue weighted by Gasteiger charge is -2.48. The molecule has 162 valence electrons. The number of carboxylic acids is 1. The maximum atomic E-state index is 12.6. The van der Waals surface area contributed by atoms with Crippen LogP contribution in [0.1, 0.15) is 18.5 Å². The number of rotatable bonds is 7. The molecule has 2 aliphatic rings. The minimum Gasteiger partial charge on any atom is -0.506 e. The minimum atomic E-state index is -3.66. The van der Waals surface area contributed by atoms with Crippen molar-refractivity contribution in [3.63, 3.8) is 0 Å². The number of nitrogens with two attached hydrogens (primary N) is 1. The number of carboxylic acid groups (broad SMARTS) is 1. The fraction of sp³-hybridized carbons (Fsp3) is 0.353. The molecule has 1 fully saturated rings. The lowest BCUT2D eigenvalue weighted by Crippen LogP contribution is -2.70. The summed E-state index contributed by atoms with van der Waals surface area (Å²) < 4.78 is 25.7. The van der Waals surface area contributed by atoms with Crippen LogP contribution in [-0.4, -0.2) is 64.2 Å². The number of anilines is 1. The van der Waals surface area contributed by atoms with Gasteiger partial charge in [-0.1, -0.05) is 6.07 Å². The first kappa shape index (κ1) is 21.9. The zero-order chi connectivity index (χ0) is 22.2. The van der Waals surface area contributed by atoms with Crippen LogP contribution in [0.5, 0.6) is 5.75 Å². The standard InChI is InChI=1S/C17H20N4O7S2/c1-2-30(27,28)20-9-7-8(3-4-11(9)22)12(18)14(23)19-13-15(24)21-10(17(25)26)5-6-29-16(13)21/h3-5,7,12-13,16,20,22H,2,6,18H2,1H3,(H,19,23)(H,25,26)/t12-,13-,16-/m1/s1. The maximum Gasteiger partial charge on any atom is 0.352 e. The van der Waals surface area contributed by atoms with E-state index in [1.807, 2.05) is 0 Å². The van der Waals surface area contributed by atoms with Crippen LogP contribution in [0.3, 0.4) is 0 Å². The number of amides is 2. The van der Waals surface area contributed by atoms with Crippen molar-refractivity contribution < 1.29 is 33.0 Å². The van der Waals surface area contributed by atoms with Gasteiger partial charge in [-0.15, -0.1) is 11.8 Å². The topological polar surface area (TPSA) is 179 Å². The van der Waals surface area contributed by atoms with E-state index in [0.717, 1.165) is 4.90 Å². The number of fused-ring (bicyclic) bond motifs is 1.